The molecule has 0 aliphatic carbocycles. The van der Waals surface area contributed by atoms with E-state index in [2.05, 4.69) is 6.92 Å². The SMILES string of the molecule is CCCSc1ccc(N)c(N)c1.Cl.Cl. The van der Waals surface area contributed by atoms with Gasteiger partial charge in [0.25, 0.3) is 0 Å². The second-order valence-corrected chi connectivity index (χ2v) is 3.81. The number of rotatable bonds is 3. The molecule has 0 fully saturated rings. The third-order valence-corrected chi connectivity index (χ3v) is 2.73. The van der Waals surface area contributed by atoms with E-state index in [0.29, 0.717) is 11.4 Å². The molecule has 0 saturated carbocycles. The van der Waals surface area contributed by atoms with Gasteiger partial charge in [-0.2, -0.15) is 0 Å². The normalized spacial score (nSPS) is 8.64. The number of anilines is 2. The third-order valence-electron chi connectivity index (χ3n) is 1.53. The van der Waals surface area contributed by atoms with Gasteiger partial charge in [-0.1, -0.05) is 6.92 Å². The van der Waals surface area contributed by atoms with E-state index in [1.54, 1.807) is 0 Å². The smallest absolute Gasteiger partial charge is 0.0559 e. The van der Waals surface area contributed by atoms with Crippen LogP contribution in [0.4, 0.5) is 11.4 Å². The summed E-state index contributed by atoms with van der Waals surface area (Å²) in [5.41, 5.74) is 12.6. The van der Waals surface area contributed by atoms with E-state index in [-0.39, 0.29) is 24.8 Å². The standard InChI is InChI=1S/C9H14N2S.2ClH/c1-2-5-12-7-3-4-8(10)9(11)6-7;;/h3-4,6H,2,5,10-11H2,1H3;2*1H. The van der Waals surface area contributed by atoms with Crippen LogP contribution in [0.25, 0.3) is 0 Å². The molecule has 0 unspecified atom stereocenters. The predicted octanol–water partition coefficient (Wildman–Crippen LogP) is 3.20. The molecule has 1 aromatic rings. The first-order valence-corrected chi connectivity index (χ1v) is 5.00. The van der Waals surface area contributed by atoms with E-state index in [4.69, 9.17) is 11.5 Å². The second kappa shape index (κ2) is 8.09. The Balaban J connectivity index is 0. The maximum Gasteiger partial charge on any atom is 0.0559 e. The van der Waals surface area contributed by atoms with Crippen molar-refractivity contribution in [2.75, 3.05) is 17.2 Å². The van der Waals surface area contributed by atoms with Crippen LogP contribution in [0.5, 0.6) is 0 Å². The summed E-state index contributed by atoms with van der Waals surface area (Å²) in [4.78, 5) is 1.20. The van der Waals surface area contributed by atoms with Crippen LogP contribution in [-0.2, 0) is 0 Å². The van der Waals surface area contributed by atoms with E-state index < -0.39 is 0 Å². The Labute approximate surface area is 102 Å². The number of nitrogens with two attached hydrogens (primary N) is 2. The number of benzene rings is 1. The summed E-state index contributed by atoms with van der Waals surface area (Å²) in [6, 6.07) is 5.79. The highest BCUT2D eigenvalue weighted by molar-refractivity contribution is 7.99. The lowest BCUT2D eigenvalue weighted by Gasteiger charge is -2.03. The molecule has 0 aromatic heterocycles. The van der Waals surface area contributed by atoms with E-state index in [1.807, 2.05) is 30.0 Å². The first-order chi connectivity index (χ1) is 5.74. The molecule has 0 aliphatic rings. The average molecular weight is 255 g/mol. The van der Waals surface area contributed by atoms with Crippen molar-refractivity contribution in [3.05, 3.63) is 18.2 Å². The van der Waals surface area contributed by atoms with E-state index in [1.165, 1.54) is 11.3 Å². The number of nitrogen functional groups attached to an aromatic ring is 2. The largest absolute Gasteiger partial charge is 0.397 e. The Morgan fingerprint density at radius 1 is 1.14 bits per heavy atom. The molecule has 82 valence electrons. The van der Waals surface area contributed by atoms with Gasteiger partial charge in [0, 0.05) is 4.90 Å². The number of thioether (sulfide) groups is 1. The molecule has 0 saturated heterocycles. The Kier molecular flexibility index (Phi) is 9.36. The van der Waals surface area contributed by atoms with Crippen LogP contribution in [0.1, 0.15) is 13.3 Å². The molecule has 1 aromatic carbocycles. The van der Waals surface area contributed by atoms with Crippen molar-refractivity contribution in [1.82, 2.24) is 0 Å². The fraction of sp³-hybridized carbons (Fsp3) is 0.333. The lowest BCUT2D eigenvalue weighted by molar-refractivity contribution is 1.10. The van der Waals surface area contributed by atoms with Crippen molar-refractivity contribution in [2.45, 2.75) is 18.2 Å². The maximum absolute atomic E-state index is 5.65. The number of hydrogen-bond acceptors (Lipinski definition) is 3. The summed E-state index contributed by atoms with van der Waals surface area (Å²) >= 11 is 1.81. The van der Waals surface area contributed by atoms with Gasteiger partial charge in [0.2, 0.25) is 0 Å². The van der Waals surface area contributed by atoms with E-state index >= 15 is 0 Å². The van der Waals surface area contributed by atoms with Crippen molar-refractivity contribution in [3.63, 3.8) is 0 Å². The fourth-order valence-corrected chi connectivity index (χ4v) is 1.68. The van der Waals surface area contributed by atoms with Crippen molar-refractivity contribution in [3.8, 4) is 0 Å². The highest BCUT2D eigenvalue weighted by Crippen LogP contribution is 2.24. The zero-order chi connectivity index (χ0) is 8.97. The van der Waals surface area contributed by atoms with Crippen molar-refractivity contribution >= 4 is 48.0 Å². The molecule has 1 rings (SSSR count). The van der Waals surface area contributed by atoms with Crippen LogP contribution in [0.3, 0.4) is 0 Å². The van der Waals surface area contributed by atoms with Crippen molar-refractivity contribution in [1.29, 1.82) is 0 Å². The molecular formula is C9H16Cl2N2S. The molecule has 0 heterocycles. The Hall–Kier alpha value is -0.250. The highest BCUT2D eigenvalue weighted by Gasteiger charge is 1.96. The van der Waals surface area contributed by atoms with Crippen LogP contribution >= 0.6 is 36.6 Å². The predicted molar refractivity (Wildman–Crippen MR) is 70.8 cm³/mol. The molecule has 0 amide bonds. The maximum atomic E-state index is 5.65. The molecule has 0 radical (unpaired) electrons. The minimum atomic E-state index is 0. The Morgan fingerprint density at radius 3 is 2.29 bits per heavy atom. The topological polar surface area (TPSA) is 52.0 Å². The van der Waals surface area contributed by atoms with Gasteiger partial charge in [0.1, 0.15) is 0 Å². The van der Waals surface area contributed by atoms with Crippen LogP contribution in [-0.4, -0.2) is 5.75 Å². The third kappa shape index (κ3) is 4.84. The van der Waals surface area contributed by atoms with Gasteiger partial charge in [-0.3, -0.25) is 0 Å². The highest BCUT2D eigenvalue weighted by atomic mass is 35.5. The van der Waals surface area contributed by atoms with Crippen molar-refractivity contribution in [2.24, 2.45) is 0 Å². The van der Waals surface area contributed by atoms with Gasteiger partial charge in [0.05, 0.1) is 11.4 Å². The van der Waals surface area contributed by atoms with Gasteiger partial charge in [0.15, 0.2) is 0 Å². The van der Waals surface area contributed by atoms with E-state index in [0.717, 1.165) is 5.75 Å². The van der Waals surface area contributed by atoms with E-state index in [9.17, 15) is 0 Å². The summed E-state index contributed by atoms with van der Waals surface area (Å²) in [6.07, 6.45) is 1.18. The minimum Gasteiger partial charge on any atom is -0.397 e. The first kappa shape index (κ1) is 16.2. The Morgan fingerprint density at radius 2 is 1.79 bits per heavy atom. The average Bonchev–Trinajstić information content (AvgIpc) is 2.07. The summed E-state index contributed by atoms with van der Waals surface area (Å²) in [6.45, 7) is 2.16. The zero-order valence-corrected chi connectivity index (χ0v) is 10.5. The van der Waals surface area contributed by atoms with Gasteiger partial charge in [-0.15, -0.1) is 36.6 Å². The molecular weight excluding hydrogens is 239 g/mol. The molecule has 5 heteroatoms. The van der Waals surface area contributed by atoms with Gasteiger partial charge in [-0.25, -0.2) is 0 Å². The summed E-state index contributed by atoms with van der Waals surface area (Å²) in [5.74, 6) is 1.13. The lowest BCUT2D eigenvalue weighted by atomic mass is 10.3. The lowest BCUT2D eigenvalue weighted by Crippen LogP contribution is -1.93. The monoisotopic (exact) mass is 254 g/mol. The number of halogens is 2. The second-order valence-electron chi connectivity index (χ2n) is 2.64. The summed E-state index contributed by atoms with van der Waals surface area (Å²) in [5, 5.41) is 0. The molecule has 4 N–H and O–H groups in total. The summed E-state index contributed by atoms with van der Waals surface area (Å²) < 4.78 is 0. The fourth-order valence-electron chi connectivity index (χ4n) is 0.863. The molecule has 2 nitrogen and oxygen atoms in total. The minimum absolute atomic E-state index is 0. The zero-order valence-electron chi connectivity index (χ0n) is 8.03. The molecule has 14 heavy (non-hydrogen) atoms. The quantitative estimate of drug-likeness (QED) is 0.644. The van der Waals surface area contributed by atoms with Crippen LogP contribution in [0, 0.1) is 0 Å². The Bertz CT molecular complexity index is 269. The van der Waals surface area contributed by atoms with Crippen LogP contribution in [0.15, 0.2) is 23.1 Å². The van der Waals surface area contributed by atoms with Gasteiger partial charge < -0.3 is 11.5 Å². The van der Waals surface area contributed by atoms with Gasteiger partial charge in [-0.05, 0) is 30.4 Å². The van der Waals surface area contributed by atoms with Crippen molar-refractivity contribution < 1.29 is 0 Å². The van der Waals surface area contributed by atoms with Crippen LogP contribution in [0.2, 0.25) is 0 Å². The molecule has 0 bridgehead atoms. The van der Waals surface area contributed by atoms with Gasteiger partial charge >= 0.3 is 0 Å². The first-order valence-electron chi connectivity index (χ1n) is 4.02. The molecule has 0 spiro atoms. The molecule has 0 aliphatic heterocycles. The summed E-state index contributed by atoms with van der Waals surface area (Å²) in [7, 11) is 0. The number of hydrogen-bond donors (Lipinski definition) is 2. The van der Waals surface area contributed by atoms with Crippen LogP contribution < -0.4 is 11.5 Å². The molecule has 0 atom stereocenters.